The molecule has 1 aliphatic heterocycles. The van der Waals surface area contributed by atoms with Crippen LogP contribution in [0.4, 0.5) is 10.2 Å². The molecule has 4 rings (SSSR count). The van der Waals surface area contributed by atoms with E-state index in [2.05, 4.69) is 30.2 Å². The van der Waals surface area contributed by atoms with Gasteiger partial charge in [-0.05, 0) is 31.9 Å². The third-order valence-electron chi connectivity index (χ3n) is 5.27. The van der Waals surface area contributed by atoms with Crippen molar-refractivity contribution in [1.82, 2.24) is 24.8 Å². The lowest BCUT2D eigenvalue weighted by Crippen LogP contribution is -2.45. The monoisotopic (exact) mass is 418 g/mol. The SMILES string of the molecule is CC[C@H](O)CN1CCCC(Nc2nc(-c3c[nH]c4ncc(Cl)cc34)ncc2F)C1. The predicted octanol–water partition coefficient (Wildman–Crippen LogP) is 3.46. The smallest absolute Gasteiger partial charge is 0.183 e. The summed E-state index contributed by atoms with van der Waals surface area (Å²) >= 11 is 6.07. The first kappa shape index (κ1) is 20.0. The maximum atomic E-state index is 14.4. The molecule has 29 heavy (non-hydrogen) atoms. The molecule has 7 nitrogen and oxygen atoms in total. The summed E-state index contributed by atoms with van der Waals surface area (Å²) in [5.74, 6) is 0.0935. The molecule has 0 radical (unpaired) electrons. The van der Waals surface area contributed by atoms with E-state index in [0.717, 1.165) is 43.3 Å². The lowest BCUT2D eigenvalue weighted by atomic mass is 10.0. The number of hydrogen-bond donors (Lipinski definition) is 3. The van der Waals surface area contributed by atoms with Crippen LogP contribution in [0.25, 0.3) is 22.4 Å². The minimum absolute atomic E-state index is 0.0594. The molecule has 154 valence electrons. The van der Waals surface area contributed by atoms with Gasteiger partial charge in [0, 0.05) is 42.5 Å². The molecular weight excluding hydrogens is 395 g/mol. The fourth-order valence-electron chi connectivity index (χ4n) is 3.72. The average molecular weight is 419 g/mol. The number of H-pyrrole nitrogens is 1. The van der Waals surface area contributed by atoms with Crippen LogP contribution in [-0.2, 0) is 0 Å². The van der Waals surface area contributed by atoms with Gasteiger partial charge in [-0.3, -0.25) is 4.90 Å². The second kappa shape index (κ2) is 8.61. The average Bonchev–Trinajstić information content (AvgIpc) is 3.13. The molecule has 0 amide bonds. The Balaban J connectivity index is 1.55. The lowest BCUT2D eigenvalue weighted by molar-refractivity contribution is 0.0952. The number of piperidine rings is 1. The van der Waals surface area contributed by atoms with Gasteiger partial charge in [0.1, 0.15) is 5.65 Å². The van der Waals surface area contributed by atoms with Crippen LogP contribution in [0, 0.1) is 5.82 Å². The van der Waals surface area contributed by atoms with E-state index in [-0.39, 0.29) is 18.0 Å². The number of aromatic amines is 1. The molecule has 0 aromatic carbocycles. The number of rotatable bonds is 6. The number of pyridine rings is 1. The number of nitrogens with zero attached hydrogens (tertiary/aromatic N) is 4. The highest BCUT2D eigenvalue weighted by Gasteiger charge is 2.23. The molecule has 4 heterocycles. The minimum Gasteiger partial charge on any atom is -0.392 e. The van der Waals surface area contributed by atoms with Crippen molar-refractivity contribution in [2.24, 2.45) is 0 Å². The number of anilines is 1. The van der Waals surface area contributed by atoms with Crippen LogP contribution in [0.15, 0.2) is 24.7 Å². The summed E-state index contributed by atoms with van der Waals surface area (Å²) in [6.07, 6.45) is 6.79. The topological polar surface area (TPSA) is 90.0 Å². The van der Waals surface area contributed by atoms with Gasteiger partial charge < -0.3 is 15.4 Å². The van der Waals surface area contributed by atoms with E-state index in [4.69, 9.17) is 11.6 Å². The van der Waals surface area contributed by atoms with Gasteiger partial charge in [-0.1, -0.05) is 18.5 Å². The number of β-amino-alcohol motifs (C(OH)–C–C–N with tert-alkyl or cyclic N) is 1. The Bertz CT molecular complexity index is 996. The van der Waals surface area contributed by atoms with Crippen molar-refractivity contribution >= 4 is 28.5 Å². The zero-order valence-corrected chi connectivity index (χ0v) is 17.0. The molecule has 9 heteroatoms. The molecule has 0 saturated carbocycles. The molecule has 0 aliphatic carbocycles. The summed E-state index contributed by atoms with van der Waals surface area (Å²) in [5.41, 5.74) is 1.39. The van der Waals surface area contributed by atoms with Crippen molar-refractivity contribution in [3.63, 3.8) is 0 Å². The van der Waals surface area contributed by atoms with Gasteiger partial charge in [0.25, 0.3) is 0 Å². The number of hydrogen-bond acceptors (Lipinski definition) is 6. The van der Waals surface area contributed by atoms with Gasteiger partial charge in [0.15, 0.2) is 17.5 Å². The zero-order valence-electron chi connectivity index (χ0n) is 16.2. The van der Waals surface area contributed by atoms with E-state index in [1.54, 1.807) is 18.5 Å². The highest BCUT2D eigenvalue weighted by Crippen LogP contribution is 2.28. The highest BCUT2D eigenvalue weighted by molar-refractivity contribution is 6.31. The van der Waals surface area contributed by atoms with Crippen LogP contribution in [0.2, 0.25) is 5.02 Å². The molecule has 1 fully saturated rings. The molecule has 3 aromatic heterocycles. The van der Waals surface area contributed by atoms with Crippen molar-refractivity contribution in [2.45, 2.75) is 38.3 Å². The summed E-state index contributed by atoms with van der Waals surface area (Å²) < 4.78 is 14.4. The lowest BCUT2D eigenvalue weighted by Gasteiger charge is -2.34. The van der Waals surface area contributed by atoms with Crippen LogP contribution in [0.5, 0.6) is 0 Å². The first-order valence-electron chi connectivity index (χ1n) is 9.86. The van der Waals surface area contributed by atoms with E-state index < -0.39 is 5.82 Å². The number of fused-ring (bicyclic) bond motifs is 1. The quantitative estimate of drug-likeness (QED) is 0.568. The Morgan fingerprint density at radius 2 is 2.28 bits per heavy atom. The van der Waals surface area contributed by atoms with Crippen molar-refractivity contribution in [1.29, 1.82) is 0 Å². The van der Waals surface area contributed by atoms with Crippen LogP contribution in [-0.4, -0.2) is 61.7 Å². The summed E-state index contributed by atoms with van der Waals surface area (Å²) in [4.78, 5) is 18.1. The van der Waals surface area contributed by atoms with Crippen LogP contribution < -0.4 is 5.32 Å². The predicted molar refractivity (Wildman–Crippen MR) is 111 cm³/mol. The summed E-state index contributed by atoms with van der Waals surface area (Å²) in [7, 11) is 0. The third-order valence-corrected chi connectivity index (χ3v) is 5.48. The Labute approximate surface area is 173 Å². The molecule has 2 atom stereocenters. The molecule has 1 aliphatic rings. The molecule has 0 spiro atoms. The summed E-state index contributed by atoms with van der Waals surface area (Å²) in [6, 6.07) is 1.84. The molecule has 3 N–H and O–H groups in total. The van der Waals surface area contributed by atoms with Crippen molar-refractivity contribution in [3.05, 3.63) is 35.5 Å². The van der Waals surface area contributed by atoms with E-state index in [9.17, 15) is 9.50 Å². The van der Waals surface area contributed by atoms with Crippen LogP contribution >= 0.6 is 11.6 Å². The molecule has 1 unspecified atom stereocenters. The molecular formula is C20H24ClFN6O. The number of aliphatic hydroxyl groups excluding tert-OH is 1. The fourth-order valence-corrected chi connectivity index (χ4v) is 3.88. The van der Waals surface area contributed by atoms with Crippen molar-refractivity contribution < 1.29 is 9.50 Å². The number of likely N-dealkylation sites (tertiary alicyclic amines) is 1. The Hall–Kier alpha value is -2.29. The Morgan fingerprint density at radius 1 is 1.41 bits per heavy atom. The molecule has 0 bridgehead atoms. The summed E-state index contributed by atoms with van der Waals surface area (Å²) in [6.45, 7) is 4.28. The van der Waals surface area contributed by atoms with E-state index >= 15 is 0 Å². The largest absolute Gasteiger partial charge is 0.392 e. The van der Waals surface area contributed by atoms with Gasteiger partial charge in [0.2, 0.25) is 0 Å². The maximum absolute atomic E-state index is 14.4. The van der Waals surface area contributed by atoms with Gasteiger partial charge in [-0.15, -0.1) is 0 Å². The third kappa shape index (κ3) is 4.49. The van der Waals surface area contributed by atoms with Crippen molar-refractivity contribution in [3.8, 4) is 11.4 Å². The van der Waals surface area contributed by atoms with Gasteiger partial charge >= 0.3 is 0 Å². The minimum atomic E-state index is -0.490. The van der Waals surface area contributed by atoms with Crippen molar-refractivity contribution in [2.75, 3.05) is 25.0 Å². The second-order valence-corrected chi connectivity index (χ2v) is 7.88. The number of aromatic nitrogens is 4. The molecule has 1 saturated heterocycles. The molecule has 3 aromatic rings. The normalized spacial score (nSPS) is 18.8. The highest BCUT2D eigenvalue weighted by atomic mass is 35.5. The number of nitrogens with one attached hydrogen (secondary N) is 2. The Morgan fingerprint density at radius 3 is 3.10 bits per heavy atom. The fraction of sp³-hybridized carbons (Fsp3) is 0.450. The summed E-state index contributed by atoms with van der Waals surface area (Å²) in [5, 5.41) is 14.4. The standard InChI is InChI=1S/C20H24ClFN6O/c1-2-14(29)11-28-5-3-4-13(10-28)26-20-17(22)9-25-19(27-20)16-8-24-18-15(16)6-12(21)7-23-18/h6-9,13-14,29H,2-5,10-11H2,1H3,(H,23,24)(H,25,26,27)/t13?,14-/m0/s1. The zero-order chi connectivity index (χ0) is 20.4. The van der Waals surface area contributed by atoms with Crippen LogP contribution in [0.3, 0.4) is 0 Å². The first-order valence-corrected chi connectivity index (χ1v) is 10.2. The van der Waals surface area contributed by atoms with Gasteiger partial charge in [-0.2, -0.15) is 0 Å². The van der Waals surface area contributed by atoms with E-state index in [0.29, 0.717) is 23.0 Å². The maximum Gasteiger partial charge on any atom is 0.183 e. The Kier molecular flexibility index (Phi) is 5.94. The van der Waals surface area contributed by atoms with Gasteiger partial charge in [0.05, 0.1) is 17.3 Å². The number of halogens is 2. The van der Waals surface area contributed by atoms with E-state index in [1.807, 2.05) is 6.92 Å². The van der Waals surface area contributed by atoms with Crippen LogP contribution in [0.1, 0.15) is 26.2 Å². The second-order valence-electron chi connectivity index (χ2n) is 7.45. The van der Waals surface area contributed by atoms with Gasteiger partial charge in [-0.25, -0.2) is 19.3 Å². The first-order chi connectivity index (χ1) is 14.0. The van der Waals surface area contributed by atoms with E-state index in [1.165, 1.54) is 6.20 Å². The number of aliphatic hydroxyl groups is 1.